The number of fused-ring (bicyclic) bond motifs is 1. The topological polar surface area (TPSA) is 157 Å². The normalized spacial score (nSPS) is 16.7. The summed E-state index contributed by atoms with van der Waals surface area (Å²) in [7, 11) is 0.308. The van der Waals surface area contributed by atoms with Crippen LogP contribution in [-0.4, -0.2) is 113 Å². The summed E-state index contributed by atoms with van der Waals surface area (Å²) >= 11 is 0. The summed E-state index contributed by atoms with van der Waals surface area (Å²) in [4.78, 5) is 44.2. The number of carbonyl (C=O) groups is 2. The molecule has 51 heavy (non-hydrogen) atoms. The molecule has 4 aromatic heterocycles. The van der Waals surface area contributed by atoms with Crippen LogP contribution in [0, 0.1) is 11.3 Å². The SMILES string of the molecule is CC(=O)OCc1cc(C(=O)N2CCC(N3CC(CC#N)(n4cc(-c5ncnc6c5ccn6COCC[S+](C)C)cn4)C3)CC2)nc(C(F)(F)F)n1. The molecule has 1 amide bonds. The molecular weight excluding hydrogens is 689 g/mol. The summed E-state index contributed by atoms with van der Waals surface area (Å²) in [6.45, 7) is 3.46. The fourth-order valence-corrected chi connectivity index (χ4v) is 6.91. The molecule has 14 nitrogen and oxygen atoms in total. The van der Waals surface area contributed by atoms with Gasteiger partial charge in [-0.1, -0.05) is 0 Å². The second-order valence-corrected chi connectivity index (χ2v) is 15.4. The van der Waals surface area contributed by atoms with Gasteiger partial charge in [0.25, 0.3) is 5.91 Å². The number of ether oxygens (including phenoxy) is 2. The van der Waals surface area contributed by atoms with E-state index in [-0.39, 0.29) is 18.2 Å². The van der Waals surface area contributed by atoms with E-state index in [9.17, 15) is 28.0 Å². The van der Waals surface area contributed by atoms with Gasteiger partial charge in [-0.3, -0.25) is 19.2 Å². The van der Waals surface area contributed by atoms with Gasteiger partial charge in [-0.2, -0.15) is 23.5 Å². The highest BCUT2D eigenvalue weighted by Crippen LogP contribution is 2.37. The van der Waals surface area contributed by atoms with Gasteiger partial charge in [0.2, 0.25) is 5.82 Å². The molecule has 2 aliphatic rings. The summed E-state index contributed by atoms with van der Waals surface area (Å²) in [5.41, 5.74) is 1.13. The monoisotopic (exact) mass is 727 g/mol. The molecule has 0 bridgehead atoms. The Morgan fingerprint density at radius 1 is 1.16 bits per heavy atom. The molecule has 4 aromatic rings. The zero-order valence-corrected chi connectivity index (χ0v) is 29.3. The minimum Gasteiger partial charge on any atom is -0.459 e. The van der Waals surface area contributed by atoms with Crippen molar-refractivity contribution in [2.24, 2.45) is 0 Å². The van der Waals surface area contributed by atoms with Gasteiger partial charge in [0, 0.05) is 62.5 Å². The third kappa shape index (κ3) is 8.00. The molecule has 270 valence electrons. The number of nitrogens with zero attached hydrogens (tertiary/aromatic N) is 10. The average Bonchev–Trinajstić information content (AvgIpc) is 3.74. The maximum Gasteiger partial charge on any atom is 0.451 e. The Kier molecular flexibility index (Phi) is 10.6. The summed E-state index contributed by atoms with van der Waals surface area (Å²) in [6.07, 6.45) is 8.04. The zero-order valence-electron chi connectivity index (χ0n) is 28.5. The number of carbonyl (C=O) groups excluding carboxylic acids is 2. The van der Waals surface area contributed by atoms with Crippen LogP contribution in [0.5, 0.6) is 0 Å². The molecule has 0 radical (unpaired) electrons. The molecule has 0 N–H and O–H groups in total. The van der Waals surface area contributed by atoms with Gasteiger partial charge in [-0.25, -0.2) is 19.9 Å². The molecular formula is C33H38F3N10O4S+. The van der Waals surface area contributed by atoms with E-state index in [1.54, 1.807) is 6.20 Å². The number of alkyl halides is 3. The van der Waals surface area contributed by atoms with Gasteiger partial charge in [0.1, 0.15) is 42.3 Å². The molecule has 18 heteroatoms. The Morgan fingerprint density at radius 3 is 2.61 bits per heavy atom. The minimum atomic E-state index is -4.88. The van der Waals surface area contributed by atoms with Crippen LogP contribution in [0.4, 0.5) is 13.2 Å². The van der Waals surface area contributed by atoms with Crippen LogP contribution in [0.25, 0.3) is 22.3 Å². The summed E-state index contributed by atoms with van der Waals surface area (Å²) in [5.74, 6) is -1.80. The van der Waals surface area contributed by atoms with E-state index in [4.69, 9.17) is 9.47 Å². The Bertz CT molecular complexity index is 1930. The molecule has 0 atom stereocenters. The Hall–Kier alpha value is -4.60. The highest BCUT2D eigenvalue weighted by Gasteiger charge is 2.48. The lowest BCUT2D eigenvalue weighted by molar-refractivity contribution is -0.145. The fraction of sp³-hybridized carbons (Fsp3) is 0.515. The first kappa shape index (κ1) is 36.2. The van der Waals surface area contributed by atoms with Crippen molar-refractivity contribution < 1.29 is 32.2 Å². The van der Waals surface area contributed by atoms with Gasteiger partial charge in [-0.05, 0) is 35.9 Å². The van der Waals surface area contributed by atoms with Crippen molar-refractivity contribution in [1.29, 1.82) is 5.26 Å². The van der Waals surface area contributed by atoms with E-state index >= 15 is 0 Å². The number of rotatable bonds is 12. The average molecular weight is 728 g/mol. The van der Waals surface area contributed by atoms with E-state index < -0.39 is 41.7 Å². The summed E-state index contributed by atoms with van der Waals surface area (Å²) in [6, 6.07) is 5.52. The van der Waals surface area contributed by atoms with Crippen molar-refractivity contribution >= 4 is 33.8 Å². The van der Waals surface area contributed by atoms with Crippen LogP contribution < -0.4 is 0 Å². The number of nitriles is 1. The zero-order chi connectivity index (χ0) is 36.3. The van der Waals surface area contributed by atoms with Crippen LogP contribution >= 0.6 is 0 Å². The number of halogens is 3. The quantitative estimate of drug-likeness (QED) is 0.120. The summed E-state index contributed by atoms with van der Waals surface area (Å²) in [5, 5.41) is 15.3. The third-order valence-electron chi connectivity index (χ3n) is 9.11. The smallest absolute Gasteiger partial charge is 0.451 e. The molecule has 0 aliphatic carbocycles. The third-order valence-corrected chi connectivity index (χ3v) is 10.1. The first-order valence-electron chi connectivity index (χ1n) is 16.3. The Labute approximate surface area is 294 Å². The number of piperidine rings is 1. The standard InChI is InChI=1S/C33H38F3N10O4S/c1-22(47)50-17-24-14-27(42-31(41-24)33(34,35)36)30(48)43-9-4-25(5-10-43)45-18-32(19-45,7-8-37)46-16-23(15-40-46)28-26-6-11-44(29(26)39-20-38-28)21-49-12-13-51(2)3/h6,11,14-16,20,25H,4-5,7,9-10,12-13,17-19,21H2,1-3H3/q+1. The second-order valence-electron chi connectivity index (χ2n) is 13.0. The van der Waals surface area contributed by atoms with Gasteiger partial charge in [-0.15, -0.1) is 0 Å². The summed E-state index contributed by atoms with van der Waals surface area (Å²) < 4.78 is 54.9. The maximum atomic E-state index is 13.5. The van der Waals surface area contributed by atoms with Gasteiger partial charge >= 0.3 is 12.1 Å². The van der Waals surface area contributed by atoms with E-state index in [1.165, 1.54) is 11.2 Å². The van der Waals surface area contributed by atoms with Crippen molar-refractivity contribution in [3.63, 3.8) is 0 Å². The number of hydrogen-bond acceptors (Lipinski definition) is 11. The molecule has 6 heterocycles. The van der Waals surface area contributed by atoms with Crippen LogP contribution in [-0.2, 0) is 50.2 Å². The van der Waals surface area contributed by atoms with Crippen LogP contribution in [0.15, 0.2) is 37.1 Å². The van der Waals surface area contributed by atoms with Crippen molar-refractivity contribution in [3.8, 4) is 17.3 Å². The molecule has 0 spiro atoms. The first-order chi connectivity index (χ1) is 24.4. The first-order valence-corrected chi connectivity index (χ1v) is 18.5. The van der Waals surface area contributed by atoms with Crippen LogP contribution in [0.2, 0.25) is 0 Å². The number of amides is 1. The van der Waals surface area contributed by atoms with Gasteiger partial charge < -0.3 is 18.9 Å². The lowest BCUT2D eigenvalue weighted by Gasteiger charge is -2.53. The maximum absolute atomic E-state index is 13.5. The largest absolute Gasteiger partial charge is 0.459 e. The molecule has 2 saturated heterocycles. The van der Waals surface area contributed by atoms with Crippen molar-refractivity contribution in [1.82, 2.24) is 44.1 Å². The van der Waals surface area contributed by atoms with Crippen molar-refractivity contribution in [3.05, 3.63) is 54.3 Å². The van der Waals surface area contributed by atoms with E-state index in [0.717, 1.165) is 41.0 Å². The molecule has 2 fully saturated rings. The van der Waals surface area contributed by atoms with Crippen molar-refractivity contribution in [2.45, 2.75) is 57.3 Å². The number of hydrogen-bond donors (Lipinski definition) is 0. The molecule has 0 aromatic carbocycles. The van der Waals surface area contributed by atoms with E-state index in [0.29, 0.717) is 63.3 Å². The minimum absolute atomic E-state index is 0.107. The van der Waals surface area contributed by atoms with E-state index in [2.05, 4.69) is 48.5 Å². The Morgan fingerprint density at radius 2 is 1.92 bits per heavy atom. The molecule has 0 unspecified atom stereocenters. The van der Waals surface area contributed by atoms with Crippen LogP contribution in [0.3, 0.4) is 0 Å². The Balaban J connectivity index is 1.09. The molecule has 2 aliphatic heterocycles. The van der Waals surface area contributed by atoms with Crippen molar-refractivity contribution in [2.75, 3.05) is 51.1 Å². The van der Waals surface area contributed by atoms with Gasteiger partial charge in [0.05, 0.1) is 49.2 Å². The fourth-order valence-electron chi connectivity index (χ4n) is 6.46. The predicted octanol–water partition coefficient (Wildman–Crippen LogP) is 3.25. The lowest BCUT2D eigenvalue weighted by Crippen LogP contribution is -2.66. The lowest BCUT2D eigenvalue weighted by atomic mass is 9.83. The highest BCUT2D eigenvalue weighted by atomic mass is 32.2. The van der Waals surface area contributed by atoms with Gasteiger partial charge in [0.15, 0.2) is 0 Å². The molecule has 6 rings (SSSR count). The van der Waals surface area contributed by atoms with Crippen LogP contribution in [0.1, 0.15) is 48.2 Å². The highest BCUT2D eigenvalue weighted by molar-refractivity contribution is 7.95. The number of aromatic nitrogens is 7. The molecule has 0 saturated carbocycles. The number of esters is 1. The van der Waals surface area contributed by atoms with E-state index in [1.807, 2.05) is 27.7 Å². The second kappa shape index (κ2) is 14.9. The predicted molar refractivity (Wildman–Crippen MR) is 180 cm³/mol. The number of likely N-dealkylation sites (tertiary alicyclic amines) is 2.